The summed E-state index contributed by atoms with van der Waals surface area (Å²) in [6, 6.07) is 12.2. The Morgan fingerprint density at radius 2 is 1.64 bits per heavy atom. The molecule has 3 N–H and O–H groups in total. The van der Waals surface area contributed by atoms with E-state index in [2.05, 4.69) is 19.8 Å². The summed E-state index contributed by atoms with van der Waals surface area (Å²) in [6.07, 6.45) is -4.72. The Labute approximate surface area is 176 Å². The van der Waals surface area contributed by atoms with Crippen LogP contribution in [0.3, 0.4) is 0 Å². The van der Waals surface area contributed by atoms with Crippen LogP contribution in [0.4, 0.5) is 13.2 Å². The van der Waals surface area contributed by atoms with E-state index in [0.29, 0.717) is 17.7 Å². The third kappa shape index (κ3) is 8.03. The summed E-state index contributed by atoms with van der Waals surface area (Å²) >= 11 is 0. The van der Waals surface area contributed by atoms with Gasteiger partial charge in [0.05, 0.1) is 19.2 Å². The van der Waals surface area contributed by atoms with Gasteiger partial charge in [-0.15, -0.1) is 37.1 Å². The van der Waals surface area contributed by atoms with Crippen LogP contribution >= 0.6 is 24.0 Å². The fourth-order valence-corrected chi connectivity index (χ4v) is 2.10. The fraction of sp³-hybridized carbons (Fsp3) is 0.222. The summed E-state index contributed by atoms with van der Waals surface area (Å²) in [6.45, 7) is 0.599. The lowest BCUT2D eigenvalue weighted by molar-refractivity contribution is -0.274. The summed E-state index contributed by atoms with van der Waals surface area (Å²) < 4.78 is 44.7. The molecule has 0 saturated carbocycles. The lowest BCUT2D eigenvalue weighted by Gasteiger charge is -2.09. The monoisotopic (exact) mass is 509 g/mol. The highest BCUT2D eigenvalue weighted by atomic mass is 127. The average Bonchev–Trinajstić information content (AvgIpc) is 2.64. The highest BCUT2D eigenvalue weighted by Gasteiger charge is 2.30. The molecule has 2 aromatic rings. The van der Waals surface area contributed by atoms with Gasteiger partial charge in [0.25, 0.3) is 0 Å². The molecule has 0 aliphatic carbocycles. The number of hydrogen-bond acceptors (Lipinski definition) is 4. The minimum atomic E-state index is -4.72. The zero-order chi connectivity index (χ0) is 19.9. The van der Waals surface area contributed by atoms with Crippen LogP contribution in [0.15, 0.2) is 53.5 Å². The molecule has 28 heavy (non-hydrogen) atoms. The molecule has 0 radical (unpaired) electrons. The Balaban J connectivity index is 0.00000392. The average molecular weight is 509 g/mol. The molecule has 0 fully saturated rings. The van der Waals surface area contributed by atoms with Crippen LogP contribution in [0.1, 0.15) is 21.5 Å². The number of carbonyl (C=O) groups excluding carboxylic acids is 1. The van der Waals surface area contributed by atoms with E-state index < -0.39 is 12.3 Å². The molecule has 2 rings (SSSR count). The summed E-state index contributed by atoms with van der Waals surface area (Å²) in [5.74, 6) is -0.526. The molecule has 0 heterocycles. The van der Waals surface area contributed by atoms with Crippen molar-refractivity contribution in [1.29, 1.82) is 0 Å². The number of esters is 1. The normalized spacial score (nSPS) is 11.4. The topological polar surface area (TPSA) is 85.9 Å². The van der Waals surface area contributed by atoms with Crippen molar-refractivity contribution in [2.75, 3.05) is 7.11 Å². The summed E-state index contributed by atoms with van der Waals surface area (Å²) in [5, 5.41) is 2.91. The second-order valence-corrected chi connectivity index (χ2v) is 5.44. The molecule has 0 aromatic heterocycles. The molecule has 6 nitrogen and oxygen atoms in total. The highest BCUT2D eigenvalue weighted by Crippen LogP contribution is 2.22. The van der Waals surface area contributed by atoms with E-state index >= 15 is 0 Å². The van der Waals surface area contributed by atoms with Gasteiger partial charge in [0.15, 0.2) is 5.96 Å². The molecule has 10 heteroatoms. The van der Waals surface area contributed by atoms with Crippen LogP contribution in [-0.2, 0) is 17.8 Å². The molecule has 2 aromatic carbocycles. The number of alkyl halides is 3. The molecule has 0 aliphatic rings. The highest BCUT2D eigenvalue weighted by molar-refractivity contribution is 14.0. The smallest absolute Gasteiger partial charge is 0.465 e. The van der Waals surface area contributed by atoms with E-state index in [1.807, 2.05) is 0 Å². The maximum Gasteiger partial charge on any atom is 0.573 e. The van der Waals surface area contributed by atoms with Gasteiger partial charge in [-0.2, -0.15) is 0 Å². The van der Waals surface area contributed by atoms with Crippen LogP contribution in [0.25, 0.3) is 0 Å². The second-order valence-electron chi connectivity index (χ2n) is 5.44. The van der Waals surface area contributed by atoms with Crippen LogP contribution in [0.5, 0.6) is 5.75 Å². The van der Waals surface area contributed by atoms with Crippen LogP contribution < -0.4 is 15.8 Å². The number of carbonyl (C=O) groups is 1. The minimum Gasteiger partial charge on any atom is -0.465 e. The number of aliphatic imine (C=N–C) groups is 1. The number of hydrogen-bond donors (Lipinski definition) is 2. The summed E-state index contributed by atoms with van der Waals surface area (Å²) in [4.78, 5) is 15.5. The second kappa shape index (κ2) is 10.7. The number of nitrogens with two attached hydrogens (primary N) is 1. The number of methoxy groups -OCH3 is 1. The van der Waals surface area contributed by atoms with Crippen LogP contribution in [-0.4, -0.2) is 25.4 Å². The van der Waals surface area contributed by atoms with E-state index in [1.54, 1.807) is 24.3 Å². The van der Waals surface area contributed by atoms with E-state index in [-0.39, 0.29) is 42.2 Å². The lowest BCUT2D eigenvalue weighted by atomic mass is 10.1. The third-order valence-corrected chi connectivity index (χ3v) is 3.44. The number of rotatable bonds is 6. The first-order valence-corrected chi connectivity index (χ1v) is 7.82. The maximum atomic E-state index is 12.1. The zero-order valence-corrected chi connectivity index (χ0v) is 17.2. The maximum absolute atomic E-state index is 12.1. The first-order chi connectivity index (χ1) is 12.8. The van der Waals surface area contributed by atoms with Gasteiger partial charge in [0, 0.05) is 6.54 Å². The van der Waals surface area contributed by atoms with Crippen molar-refractivity contribution < 1.29 is 27.4 Å². The molecule has 0 aliphatic heterocycles. The van der Waals surface area contributed by atoms with Gasteiger partial charge in [-0.3, -0.25) is 0 Å². The molecule has 0 amide bonds. The van der Waals surface area contributed by atoms with E-state index in [0.717, 1.165) is 5.56 Å². The molecule has 0 spiro atoms. The van der Waals surface area contributed by atoms with Gasteiger partial charge in [-0.05, 0) is 35.4 Å². The Morgan fingerprint density at radius 3 is 2.18 bits per heavy atom. The van der Waals surface area contributed by atoms with E-state index in [9.17, 15) is 18.0 Å². The Kier molecular flexibility index (Phi) is 9.03. The summed E-state index contributed by atoms with van der Waals surface area (Å²) in [7, 11) is 1.31. The van der Waals surface area contributed by atoms with Crippen LogP contribution in [0, 0.1) is 0 Å². The molecule has 0 atom stereocenters. The van der Waals surface area contributed by atoms with E-state index in [4.69, 9.17) is 5.73 Å². The van der Waals surface area contributed by atoms with Crippen molar-refractivity contribution in [3.63, 3.8) is 0 Å². The molecular formula is C18H19F3IN3O3. The number of nitrogens with zero attached hydrogens (tertiary/aromatic N) is 1. The number of benzene rings is 2. The fourth-order valence-electron chi connectivity index (χ4n) is 2.10. The Hall–Kier alpha value is -2.50. The van der Waals surface area contributed by atoms with Gasteiger partial charge >= 0.3 is 12.3 Å². The molecule has 0 bridgehead atoms. The SMILES string of the molecule is COC(=O)c1ccc(CNC(N)=NCc2ccc(OC(F)(F)F)cc2)cc1.I. The van der Waals surface area contributed by atoms with Crippen LogP contribution in [0.2, 0.25) is 0 Å². The third-order valence-electron chi connectivity index (χ3n) is 3.44. The minimum absolute atomic E-state index is 0. The van der Waals surface area contributed by atoms with Gasteiger partial charge in [0.1, 0.15) is 5.75 Å². The molecule has 0 saturated heterocycles. The predicted octanol–water partition coefficient (Wildman–Crippen LogP) is 3.59. The lowest BCUT2D eigenvalue weighted by Crippen LogP contribution is -2.31. The largest absolute Gasteiger partial charge is 0.573 e. The number of halogens is 4. The molecule has 0 unspecified atom stereocenters. The van der Waals surface area contributed by atoms with Gasteiger partial charge in [-0.1, -0.05) is 24.3 Å². The van der Waals surface area contributed by atoms with Crippen molar-refractivity contribution in [2.45, 2.75) is 19.5 Å². The van der Waals surface area contributed by atoms with Crippen molar-refractivity contribution in [3.8, 4) is 5.75 Å². The zero-order valence-electron chi connectivity index (χ0n) is 14.8. The van der Waals surface area contributed by atoms with Gasteiger partial charge in [0.2, 0.25) is 0 Å². The quantitative estimate of drug-likeness (QED) is 0.269. The van der Waals surface area contributed by atoms with Crippen molar-refractivity contribution in [3.05, 3.63) is 65.2 Å². The standard InChI is InChI=1S/C18H18F3N3O3.HI/c1-26-16(25)14-6-2-12(3-7-14)10-23-17(22)24-11-13-4-8-15(9-5-13)27-18(19,20)21;/h2-9H,10-11H2,1H3,(H3,22,23,24);1H. The first-order valence-electron chi connectivity index (χ1n) is 7.82. The Bertz CT molecular complexity index is 794. The van der Waals surface area contributed by atoms with Crippen molar-refractivity contribution in [1.82, 2.24) is 5.32 Å². The molecular weight excluding hydrogens is 490 g/mol. The predicted molar refractivity (Wildman–Crippen MR) is 108 cm³/mol. The van der Waals surface area contributed by atoms with E-state index in [1.165, 1.54) is 31.4 Å². The summed E-state index contributed by atoms with van der Waals surface area (Å²) in [5.41, 5.74) is 7.78. The molecule has 152 valence electrons. The number of guanidine groups is 1. The number of nitrogens with one attached hydrogen (secondary N) is 1. The van der Waals surface area contributed by atoms with Crippen molar-refractivity contribution in [2.24, 2.45) is 10.7 Å². The first kappa shape index (κ1) is 23.5. The van der Waals surface area contributed by atoms with Gasteiger partial charge < -0.3 is 20.5 Å². The number of ether oxygens (including phenoxy) is 2. The van der Waals surface area contributed by atoms with Crippen molar-refractivity contribution >= 4 is 35.9 Å². The van der Waals surface area contributed by atoms with Gasteiger partial charge in [-0.25, -0.2) is 9.79 Å². The Morgan fingerprint density at radius 1 is 1.07 bits per heavy atom.